The van der Waals surface area contributed by atoms with Gasteiger partial charge in [0.15, 0.2) is 11.6 Å². The summed E-state index contributed by atoms with van der Waals surface area (Å²) in [6.45, 7) is 0.614. The van der Waals surface area contributed by atoms with Crippen molar-refractivity contribution in [3.63, 3.8) is 0 Å². The van der Waals surface area contributed by atoms with E-state index in [9.17, 15) is 9.18 Å². The minimum atomic E-state index is -0.510. The summed E-state index contributed by atoms with van der Waals surface area (Å²) < 4.78 is 25.4. The van der Waals surface area contributed by atoms with Crippen molar-refractivity contribution in [2.45, 2.75) is 13.0 Å². The van der Waals surface area contributed by atoms with Crippen LogP contribution in [0.1, 0.15) is 15.9 Å². The molecule has 152 valence electrons. The van der Waals surface area contributed by atoms with Gasteiger partial charge in [-0.2, -0.15) is 0 Å². The number of aromatic nitrogens is 3. The number of benzene rings is 2. The molecule has 0 bridgehead atoms. The van der Waals surface area contributed by atoms with Gasteiger partial charge in [-0.3, -0.25) is 0 Å². The molecule has 0 amide bonds. The monoisotopic (exact) mass is 405 g/mol. The van der Waals surface area contributed by atoms with Crippen LogP contribution in [0.3, 0.4) is 0 Å². The summed E-state index contributed by atoms with van der Waals surface area (Å²) in [4.78, 5) is 21.4. The van der Waals surface area contributed by atoms with E-state index in [1.165, 1.54) is 32.5 Å². The van der Waals surface area contributed by atoms with Crippen LogP contribution >= 0.6 is 0 Å². The number of para-hydroxylation sites is 2. The Balaban J connectivity index is 1.78. The van der Waals surface area contributed by atoms with Crippen molar-refractivity contribution in [1.29, 1.82) is 0 Å². The summed E-state index contributed by atoms with van der Waals surface area (Å²) >= 11 is 0. The molecule has 2 aromatic heterocycles. The number of nitrogens with zero attached hydrogens (tertiary/aromatic N) is 3. The summed E-state index contributed by atoms with van der Waals surface area (Å²) in [6, 6.07) is 15.9. The van der Waals surface area contributed by atoms with Gasteiger partial charge in [0.1, 0.15) is 17.1 Å². The van der Waals surface area contributed by atoms with Crippen LogP contribution in [0.4, 0.5) is 4.39 Å². The zero-order valence-corrected chi connectivity index (χ0v) is 16.6. The first-order chi connectivity index (χ1) is 14.6. The Labute approximate surface area is 172 Å². The van der Waals surface area contributed by atoms with Crippen LogP contribution in [-0.2, 0) is 17.7 Å². The number of aryl methyl sites for hydroxylation is 2. The van der Waals surface area contributed by atoms with Crippen LogP contribution in [0.5, 0.6) is 5.75 Å². The zero-order chi connectivity index (χ0) is 21.1. The quantitative estimate of drug-likeness (QED) is 0.448. The van der Waals surface area contributed by atoms with E-state index >= 15 is 0 Å². The van der Waals surface area contributed by atoms with Crippen LogP contribution in [0.2, 0.25) is 0 Å². The number of imidazole rings is 1. The van der Waals surface area contributed by atoms with Crippen molar-refractivity contribution < 1.29 is 18.7 Å². The van der Waals surface area contributed by atoms with Gasteiger partial charge in [-0.15, -0.1) is 0 Å². The maximum absolute atomic E-state index is 13.2. The molecule has 30 heavy (non-hydrogen) atoms. The van der Waals surface area contributed by atoms with Crippen LogP contribution < -0.4 is 4.74 Å². The molecular weight excluding hydrogens is 385 g/mol. The van der Waals surface area contributed by atoms with Crippen molar-refractivity contribution in [2.75, 3.05) is 14.2 Å². The van der Waals surface area contributed by atoms with Gasteiger partial charge in [-0.05, 0) is 42.3 Å². The highest BCUT2D eigenvalue weighted by Crippen LogP contribution is 2.28. The normalized spacial score (nSPS) is 10.9. The Kier molecular flexibility index (Phi) is 5.43. The summed E-state index contributed by atoms with van der Waals surface area (Å²) in [7, 11) is 2.79. The average Bonchev–Trinajstić information content (AvgIpc) is 3.16. The number of hydrogen-bond donors (Lipinski definition) is 0. The Morgan fingerprint density at radius 1 is 1.10 bits per heavy atom. The highest BCUT2D eigenvalue weighted by atomic mass is 19.1. The van der Waals surface area contributed by atoms with Gasteiger partial charge < -0.3 is 14.0 Å². The smallest absolute Gasteiger partial charge is 0.341 e. The van der Waals surface area contributed by atoms with Gasteiger partial charge in [0.25, 0.3) is 0 Å². The molecule has 4 aromatic rings. The fourth-order valence-corrected chi connectivity index (χ4v) is 3.39. The Bertz CT molecular complexity index is 1200. The van der Waals surface area contributed by atoms with Gasteiger partial charge in [-0.25, -0.2) is 19.2 Å². The molecule has 0 unspecified atom stereocenters. The van der Waals surface area contributed by atoms with E-state index < -0.39 is 5.97 Å². The van der Waals surface area contributed by atoms with Crippen LogP contribution in [0.25, 0.3) is 22.6 Å². The molecule has 7 heteroatoms. The third-order valence-corrected chi connectivity index (χ3v) is 4.91. The van der Waals surface area contributed by atoms with Gasteiger partial charge in [0.2, 0.25) is 0 Å². The molecular formula is C23H20FN3O3. The van der Waals surface area contributed by atoms with Crippen molar-refractivity contribution in [1.82, 2.24) is 14.5 Å². The lowest BCUT2D eigenvalue weighted by Gasteiger charge is -2.11. The molecule has 0 radical (unpaired) electrons. The number of pyridine rings is 1. The third kappa shape index (κ3) is 3.74. The van der Waals surface area contributed by atoms with Crippen LogP contribution in [0, 0.1) is 5.82 Å². The molecule has 0 N–H and O–H groups in total. The zero-order valence-electron chi connectivity index (χ0n) is 16.6. The van der Waals surface area contributed by atoms with Gasteiger partial charge in [-0.1, -0.05) is 24.3 Å². The highest BCUT2D eigenvalue weighted by molar-refractivity contribution is 5.93. The maximum Gasteiger partial charge on any atom is 0.341 e. The second-order valence-electron chi connectivity index (χ2n) is 6.71. The minimum Gasteiger partial charge on any atom is -0.494 e. The highest BCUT2D eigenvalue weighted by Gasteiger charge is 2.19. The summed E-state index contributed by atoms with van der Waals surface area (Å²) in [5, 5.41) is 0. The molecule has 4 rings (SSSR count). The van der Waals surface area contributed by atoms with E-state index in [2.05, 4.69) is 9.55 Å². The number of rotatable bonds is 6. The van der Waals surface area contributed by atoms with Crippen LogP contribution in [0.15, 0.2) is 60.8 Å². The molecule has 2 aromatic carbocycles. The molecule has 0 aliphatic rings. The van der Waals surface area contributed by atoms with Gasteiger partial charge in [0, 0.05) is 6.54 Å². The number of fused-ring (bicyclic) bond motifs is 1. The number of halogens is 1. The third-order valence-electron chi connectivity index (χ3n) is 4.91. The SMILES string of the molecule is COC(=O)c1cc(-c2nc3ccccc3n2CCc2ccc(F)cc2)ncc1OC. The second kappa shape index (κ2) is 8.32. The number of methoxy groups -OCH3 is 2. The standard InChI is InChI=1S/C23H20FN3O3/c1-29-21-14-25-19(13-17(21)23(28)30-2)22-26-18-5-3-4-6-20(18)27(22)12-11-15-7-9-16(24)10-8-15/h3-10,13-14H,11-12H2,1-2H3. The Morgan fingerprint density at radius 2 is 1.87 bits per heavy atom. The molecule has 0 spiro atoms. The minimum absolute atomic E-state index is 0.259. The molecule has 0 saturated heterocycles. The van der Waals surface area contributed by atoms with E-state index in [1.807, 2.05) is 24.3 Å². The van der Waals surface area contributed by atoms with E-state index in [0.29, 0.717) is 30.2 Å². The predicted molar refractivity (Wildman–Crippen MR) is 111 cm³/mol. The molecule has 0 saturated carbocycles. The first kappa shape index (κ1) is 19.6. The molecule has 6 nitrogen and oxygen atoms in total. The van der Waals surface area contributed by atoms with E-state index in [-0.39, 0.29) is 11.4 Å². The van der Waals surface area contributed by atoms with Crippen LogP contribution in [-0.4, -0.2) is 34.7 Å². The topological polar surface area (TPSA) is 66.2 Å². The van der Waals surface area contributed by atoms with Gasteiger partial charge in [0.05, 0.1) is 31.4 Å². The fourth-order valence-electron chi connectivity index (χ4n) is 3.39. The van der Waals surface area contributed by atoms with E-state index in [4.69, 9.17) is 14.5 Å². The number of carbonyl (C=O) groups is 1. The summed E-state index contributed by atoms with van der Waals surface area (Å²) in [5.74, 6) is 0.195. The number of ether oxygens (including phenoxy) is 2. The molecule has 2 heterocycles. The first-order valence-electron chi connectivity index (χ1n) is 9.43. The molecule has 0 aliphatic heterocycles. The van der Waals surface area contributed by atoms with Crippen molar-refractivity contribution in [2.24, 2.45) is 0 Å². The Morgan fingerprint density at radius 3 is 2.60 bits per heavy atom. The Hall–Kier alpha value is -3.74. The summed E-state index contributed by atoms with van der Waals surface area (Å²) in [5.41, 5.74) is 3.60. The van der Waals surface area contributed by atoms with E-state index in [0.717, 1.165) is 16.6 Å². The second-order valence-corrected chi connectivity index (χ2v) is 6.71. The summed E-state index contributed by atoms with van der Waals surface area (Å²) in [6.07, 6.45) is 2.18. The lowest BCUT2D eigenvalue weighted by Crippen LogP contribution is -2.08. The molecule has 0 fully saturated rings. The van der Waals surface area contributed by atoms with Crippen molar-refractivity contribution >= 4 is 17.0 Å². The molecule has 0 atom stereocenters. The molecule has 0 aliphatic carbocycles. The fraction of sp³-hybridized carbons (Fsp3) is 0.174. The van der Waals surface area contributed by atoms with Gasteiger partial charge >= 0.3 is 5.97 Å². The lowest BCUT2D eigenvalue weighted by molar-refractivity contribution is 0.0597. The van der Waals surface area contributed by atoms with E-state index in [1.54, 1.807) is 18.2 Å². The lowest BCUT2D eigenvalue weighted by atomic mass is 10.1. The number of hydrogen-bond acceptors (Lipinski definition) is 5. The number of carbonyl (C=O) groups excluding carboxylic acids is 1. The predicted octanol–water partition coefficient (Wildman–Crippen LogP) is 4.28. The van der Waals surface area contributed by atoms with Crippen molar-refractivity contribution in [3.8, 4) is 17.3 Å². The largest absolute Gasteiger partial charge is 0.494 e. The number of esters is 1. The first-order valence-corrected chi connectivity index (χ1v) is 9.43. The average molecular weight is 405 g/mol. The van der Waals surface area contributed by atoms with Crippen molar-refractivity contribution in [3.05, 3.63) is 77.7 Å². The maximum atomic E-state index is 13.2.